The number of sulfonamides is 1. The summed E-state index contributed by atoms with van der Waals surface area (Å²) in [6.07, 6.45) is 2.23. The summed E-state index contributed by atoms with van der Waals surface area (Å²) in [6, 6.07) is 13.9. The number of carbonyl (C=O) groups is 1. The van der Waals surface area contributed by atoms with Crippen molar-refractivity contribution in [3.05, 3.63) is 54.1 Å². The number of hydrogen-bond acceptors (Lipinski definition) is 5. The first-order valence-corrected chi connectivity index (χ1v) is 11.1. The SMILES string of the molecule is COc1ccc(C(CNS(=O)(=O)c2ccc(NC(C)=O)cc2)N2CCCC2)cc1. The van der Waals surface area contributed by atoms with Crippen LogP contribution >= 0.6 is 0 Å². The predicted octanol–water partition coefficient (Wildman–Crippen LogP) is 2.77. The predicted molar refractivity (Wildman–Crippen MR) is 112 cm³/mol. The molecule has 0 radical (unpaired) electrons. The molecular formula is C21H27N3O4S. The fourth-order valence-electron chi connectivity index (χ4n) is 3.53. The van der Waals surface area contributed by atoms with E-state index in [-0.39, 0.29) is 23.4 Å². The van der Waals surface area contributed by atoms with Crippen molar-refractivity contribution in [1.82, 2.24) is 9.62 Å². The number of hydrogen-bond donors (Lipinski definition) is 2. The first-order valence-electron chi connectivity index (χ1n) is 9.64. The number of nitrogens with zero attached hydrogens (tertiary/aromatic N) is 1. The van der Waals surface area contributed by atoms with Gasteiger partial charge < -0.3 is 10.1 Å². The summed E-state index contributed by atoms with van der Waals surface area (Å²) in [5.41, 5.74) is 1.61. The Bertz CT molecular complexity index is 921. The van der Waals surface area contributed by atoms with E-state index in [0.29, 0.717) is 5.69 Å². The molecule has 29 heavy (non-hydrogen) atoms. The fraction of sp³-hybridized carbons (Fsp3) is 0.381. The normalized spacial score (nSPS) is 15.8. The van der Waals surface area contributed by atoms with Crippen LogP contribution in [0.1, 0.15) is 31.4 Å². The van der Waals surface area contributed by atoms with Crippen molar-refractivity contribution in [2.24, 2.45) is 0 Å². The molecule has 1 saturated heterocycles. The highest BCUT2D eigenvalue weighted by molar-refractivity contribution is 7.89. The van der Waals surface area contributed by atoms with E-state index in [1.807, 2.05) is 24.3 Å². The molecule has 1 aliphatic heterocycles. The maximum Gasteiger partial charge on any atom is 0.240 e. The van der Waals surface area contributed by atoms with Gasteiger partial charge in [-0.3, -0.25) is 9.69 Å². The van der Waals surface area contributed by atoms with Crippen LogP contribution < -0.4 is 14.8 Å². The van der Waals surface area contributed by atoms with Crippen molar-refractivity contribution >= 4 is 21.6 Å². The summed E-state index contributed by atoms with van der Waals surface area (Å²) in [4.78, 5) is 13.6. The minimum Gasteiger partial charge on any atom is -0.497 e. The summed E-state index contributed by atoms with van der Waals surface area (Å²) in [5.74, 6) is 0.570. The third kappa shape index (κ3) is 5.56. The van der Waals surface area contributed by atoms with Crippen LogP contribution in [0.4, 0.5) is 5.69 Å². The molecule has 3 rings (SSSR count). The van der Waals surface area contributed by atoms with Crippen LogP contribution in [0.15, 0.2) is 53.4 Å². The van der Waals surface area contributed by atoms with Crippen LogP contribution in [0.2, 0.25) is 0 Å². The van der Waals surface area contributed by atoms with E-state index < -0.39 is 10.0 Å². The lowest BCUT2D eigenvalue weighted by Crippen LogP contribution is -2.36. The molecule has 2 aromatic rings. The minimum absolute atomic E-state index is 0.0446. The van der Waals surface area contributed by atoms with Crippen molar-refractivity contribution in [2.45, 2.75) is 30.7 Å². The van der Waals surface area contributed by atoms with Crippen LogP contribution in [-0.2, 0) is 14.8 Å². The van der Waals surface area contributed by atoms with Crippen LogP contribution in [0.5, 0.6) is 5.75 Å². The molecule has 1 unspecified atom stereocenters. The molecule has 0 aliphatic carbocycles. The van der Waals surface area contributed by atoms with Crippen molar-refractivity contribution in [2.75, 3.05) is 32.1 Å². The first-order chi connectivity index (χ1) is 13.9. The molecule has 1 fully saturated rings. The summed E-state index contributed by atoms with van der Waals surface area (Å²) >= 11 is 0. The van der Waals surface area contributed by atoms with Gasteiger partial charge >= 0.3 is 0 Å². The van der Waals surface area contributed by atoms with E-state index >= 15 is 0 Å². The number of methoxy groups -OCH3 is 1. The molecule has 7 nitrogen and oxygen atoms in total. The fourth-order valence-corrected chi connectivity index (χ4v) is 4.57. The molecule has 0 bridgehead atoms. The van der Waals surface area contributed by atoms with Gasteiger partial charge in [0.2, 0.25) is 15.9 Å². The molecule has 1 atom stereocenters. The second-order valence-electron chi connectivity index (χ2n) is 7.09. The zero-order valence-electron chi connectivity index (χ0n) is 16.7. The van der Waals surface area contributed by atoms with Gasteiger partial charge in [-0.2, -0.15) is 0 Å². The highest BCUT2D eigenvalue weighted by atomic mass is 32.2. The monoisotopic (exact) mass is 417 g/mol. The summed E-state index contributed by atoms with van der Waals surface area (Å²) in [6.45, 7) is 3.58. The third-order valence-electron chi connectivity index (χ3n) is 5.03. The standard InChI is InChI=1S/C21H27N3O4S/c1-16(25)23-18-7-11-20(12-8-18)29(26,27)22-15-21(24-13-3-4-14-24)17-5-9-19(28-2)10-6-17/h5-12,21-22H,3-4,13-15H2,1-2H3,(H,23,25). The van der Waals surface area contributed by atoms with Gasteiger partial charge in [0.15, 0.2) is 0 Å². The smallest absolute Gasteiger partial charge is 0.240 e. The molecule has 1 heterocycles. The van der Waals surface area contributed by atoms with Crippen LogP contribution in [0.25, 0.3) is 0 Å². The van der Waals surface area contributed by atoms with Crippen molar-refractivity contribution in [3.8, 4) is 5.75 Å². The Morgan fingerprint density at radius 1 is 1.07 bits per heavy atom. The molecule has 0 spiro atoms. The molecular weight excluding hydrogens is 390 g/mol. The largest absolute Gasteiger partial charge is 0.497 e. The Morgan fingerprint density at radius 3 is 2.24 bits per heavy atom. The topological polar surface area (TPSA) is 87.7 Å². The lowest BCUT2D eigenvalue weighted by atomic mass is 10.1. The van der Waals surface area contributed by atoms with Gasteiger partial charge in [0.05, 0.1) is 12.0 Å². The lowest BCUT2D eigenvalue weighted by molar-refractivity contribution is -0.114. The van der Waals surface area contributed by atoms with Crippen molar-refractivity contribution in [3.63, 3.8) is 0 Å². The number of benzene rings is 2. The van der Waals surface area contributed by atoms with Gasteiger partial charge in [0.1, 0.15) is 5.75 Å². The Hall–Kier alpha value is -2.42. The summed E-state index contributed by atoms with van der Waals surface area (Å²) in [5, 5.41) is 2.63. The van der Waals surface area contributed by atoms with E-state index in [1.165, 1.54) is 19.1 Å². The number of ether oxygens (including phenoxy) is 1. The molecule has 2 aromatic carbocycles. The Kier molecular flexibility index (Phi) is 6.89. The van der Waals surface area contributed by atoms with Gasteiger partial charge in [0, 0.05) is 25.2 Å². The van der Waals surface area contributed by atoms with E-state index in [1.54, 1.807) is 19.2 Å². The van der Waals surface area contributed by atoms with Crippen LogP contribution in [-0.4, -0.2) is 46.0 Å². The first kappa shape index (κ1) is 21.3. The molecule has 156 valence electrons. The van der Waals surface area contributed by atoms with E-state index in [2.05, 4.69) is 14.9 Å². The van der Waals surface area contributed by atoms with E-state index in [4.69, 9.17) is 4.74 Å². The zero-order valence-corrected chi connectivity index (χ0v) is 17.5. The quantitative estimate of drug-likeness (QED) is 0.690. The lowest BCUT2D eigenvalue weighted by Gasteiger charge is -2.28. The van der Waals surface area contributed by atoms with Gasteiger partial charge in [-0.15, -0.1) is 0 Å². The molecule has 1 amide bonds. The average Bonchev–Trinajstić information content (AvgIpc) is 3.23. The summed E-state index contributed by atoms with van der Waals surface area (Å²) < 4.78 is 33.5. The number of rotatable bonds is 8. The van der Waals surface area contributed by atoms with Gasteiger partial charge in [0.25, 0.3) is 0 Å². The molecule has 2 N–H and O–H groups in total. The summed E-state index contributed by atoms with van der Waals surface area (Å²) in [7, 11) is -2.04. The number of anilines is 1. The molecule has 0 saturated carbocycles. The van der Waals surface area contributed by atoms with Crippen LogP contribution in [0.3, 0.4) is 0 Å². The van der Waals surface area contributed by atoms with Crippen molar-refractivity contribution < 1.29 is 17.9 Å². The third-order valence-corrected chi connectivity index (χ3v) is 6.47. The van der Waals surface area contributed by atoms with Gasteiger partial charge in [-0.05, 0) is 67.9 Å². The highest BCUT2D eigenvalue weighted by Crippen LogP contribution is 2.27. The molecule has 0 aromatic heterocycles. The Morgan fingerprint density at radius 2 is 1.69 bits per heavy atom. The highest BCUT2D eigenvalue weighted by Gasteiger charge is 2.25. The second kappa shape index (κ2) is 9.39. The Labute approximate surface area is 172 Å². The van der Waals surface area contributed by atoms with Crippen LogP contribution in [0, 0.1) is 0 Å². The second-order valence-corrected chi connectivity index (χ2v) is 8.86. The van der Waals surface area contributed by atoms with E-state index in [0.717, 1.165) is 37.2 Å². The number of carbonyl (C=O) groups excluding carboxylic acids is 1. The minimum atomic E-state index is -3.67. The van der Waals surface area contributed by atoms with Gasteiger partial charge in [-0.25, -0.2) is 13.1 Å². The van der Waals surface area contributed by atoms with E-state index in [9.17, 15) is 13.2 Å². The maximum atomic E-state index is 12.8. The number of likely N-dealkylation sites (tertiary alicyclic amines) is 1. The Balaban J connectivity index is 1.74. The van der Waals surface area contributed by atoms with Crippen molar-refractivity contribution in [1.29, 1.82) is 0 Å². The maximum absolute atomic E-state index is 12.8. The molecule has 1 aliphatic rings. The average molecular weight is 418 g/mol. The molecule has 8 heteroatoms. The number of nitrogens with one attached hydrogen (secondary N) is 2. The zero-order chi connectivity index (χ0) is 20.9. The van der Waals surface area contributed by atoms with Gasteiger partial charge in [-0.1, -0.05) is 12.1 Å². The number of amides is 1.